The van der Waals surface area contributed by atoms with E-state index in [0.29, 0.717) is 0 Å². The van der Waals surface area contributed by atoms with Crippen LogP contribution < -0.4 is 5.32 Å². The molecule has 0 aliphatic rings. The summed E-state index contributed by atoms with van der Waals surface area (Å²) >= 11 is 5.07. The molecule has 1 atom stereocenters. The highest BCUT2D eigenvalue weighted by atomic mass is 79.9. The Balaban J connectivity index is 2.24. The molecule has 2 N–H and O–H groups in total. The molecule has 0 radical (unpaired) electrons. The topological polar surface area (TPSA) is 49.3 Å². The van der Waals surface area contributed by atoms with Gasteiger partial charge in [-0.3, -0.25) is 0 Å². The van der Waals surface area contributed by atoms with Crippen LogP contribution in [-0.2, 0) is 0 Å². The Bertz CT molecular complexity index is 584. The van der Waals surface area contributed by atoms with E-state index < -0.39 is 5.97 Å². The van der Waals surface area contributed by atoms with E-state index in [4.69, 9.17) is 5.11 Å². The van der Waals surface area contributed by atoms with Crippen LogP contribution in [0.25, 0.3) is 0 Å². The zero-order valence-corrected chi connectivity index (χ0v) is 13.5. The molecule has 2 rings (SSSR count). The Morgan fingerprint density at radius 3 is 2.85 bits per heavy atom. The van der Waals surface area contributed by atoms with Crippen molar-refractivity contribution >= 4 is 38.9 Å². The zero-order chi connectivity index (χ0) is 14.5. The third kappa shape index (κ3) is 3.84. The molecule has 0 aliphatic carbocycles. The van der Waals surface area contributed by atoms with Crippen molar-refractivity contribution in [1.29, 1.82) is 0 Å². The van der Waals surface area contributed by atoms with Crippen molar-refractivity contribution in [3.05, 3.63) is 50.6 Å². The van der Waals surface area contributed by atoms with Crippen LogP contribution in [0.5, 0.6) is 0 Å². The predicted molar refractivity (Wildman–Crippen MR) is 86.7 cm³/mol. The number of carboxylic acid groups (broad SMARTS) is 1. The van der Waals surface area contributed by atoms with E-state index in [0.717, 1.165) is 23.0 Å². The second-order valence-corrected chi connectivity index (χ2v) is 6.43. The Labute approximate surface area is 130 Å². The second kappa shape index (κ2) is 6.90. The normalized spacial score (nSPS) is 12.1. The van der Waals surface area contributed by atoms with E-state index in [1.165, 1.54) is 4.88 Å². The molecule has 0 aliphatic heterocycles. The number of hydrogen-bond donors (Lipinski definition) is 2. The molecule has 20 heavy (non-hydrogen) atoms. The predicted octanol–water partition coefficient (Wildman–Crippen LogP) is 5.16. The summed E-state index contributed by atoms with van der Waals surface area (Å²) < 4.78 is 0.765. The first-order chi connectivity index (χ1) is 9.60. The van der Waals surface area contributed by atoms with Gasteiger partial charge >= 0.3 is 5.97 Å². The van der Waals surface area contributed by atoms with E-state index in [2.05, 4.69) is 39.6 Å². The first kappa shape index (κ1) is 15.1. The fraction of sp³-hybridized carbons (Fsp3) is 0.267. The van der Waals surface area contributed by atoms with Gasteiger partial charge in [-0.05, 0) is 36.1 Å². The van der Waals surface area contributed by atoms with Gasteiger partial charge < -0.3 is 10.4 Å². The van der Waals surface area contributed by atoms with Crippen LogP contribution in [0.4, 0.5) is 5.69 Å². The Hall–Kier alpha value is -1.33. The minimum Gasteiger partial charge on any atom is -0.478 e. The maximum atomic E-state index is 11.1. The number of carbonyl (C=O) groups is 1. The van der Waals surface area contributed by atoms with Gasteiger partial charge in [-0.2, -0.15) is 0 Å². The van der Waals surface area contributed by atoms with Crippen LogP contribution in [0.15, 0.2) is 40.2 Å². The summed E-state index contributed by atoms with van der Waals surface area (Å²) in [6.07, 6.45) is 2.07. The Kier molecular flexibility index (Phi) is 5.20. The lowest BCUT2D eigenvalue weighted by Gasteiger charge is -2.18. The molecule has 0 fully saturated rings. The highest BCUT2D eigenvalue weighted by molar-refractivity contribution is 9.10. The fourth-order valence-electron chi connectivity index (χ4n) is 2.06. The van der Waals surface area contributed by atoms with Crippen molar-refractivity contribution < 1.29 is 9.90 Å². The maximum Gasteiger partial charge on any atom is 0.335 e. The van der Waals surface area contributed by atoms with Crippen LogP contribution in [0, 0.1) is 0 Å². The van der Waals surface area contributed by atoms with Crippen LogP contribution in [0.3, 0.4) is 0 Å². The summed E-state index contributed by atoms with van der Waals surface area (Å²) in [5, 5.41) is 14.6. The van der Waals surface area contributed by atoms with Gasteiger partial charge in [0, 0.05) is 15.0 Å². The average molecular weight is 354 g/mol. The number of nitrogens with one attached hydrogen (secondary N) is 1. The summed E-state index contributed by atoms with van der Waals surface area (Å²) in [5.41, 5.74) is 1.10. The van der Waals surface area contributed by atoms with Gasteiger partial charge in [0.05, 0.1) is 11.6 Å². The number of hydrogen-bond acceptors (Lipinski definition) is 3. The van der Waals surface area contributed by atoms with Gasteiger partial charge in [0.15, 0.2) is 0 Å². The highest BCUT2D eigenvalue weighted by Gasteiger charge is 2.13. The first-order valence-electron chi connectivity index (χ1n) is 6.44. The van der Waals surface area contributed by atoms with E-state index in [-0.39, 0.29) is 11.6 Å². The molecule has 0 bridgehead atoms. The van der Waals surface area contributed by atoms with E-state index >= 15 is 0 Å². The van der Waals surface area contributed by atoms with Gasteiger partial charge in [0.1, 0.15) is 0 Å². The fourth-order valence-corrected chi connectivity index (χ4v) is 3.37. The maximum absolute atomic E-state index is 11.1. The molecular formula is C15H16BrNO2S. The summed E-state index contributed by atoms with van der Waals surface area (Å²) in [4.78, 5) is 12.4. The summed E-state index contributed by atoms with van der Waals surface area (Å²) in [7, 11) is 0. The lowest BCUT2D eigenvalue weighted by atomic mass is 10.1. The highest BCUT2D eigenvalue weighted by Crippen LogP contribution is 2.29. The van der Waals surface area contributed by atoms with Gasteiger partial charge in [-0.1, -0.05) is 35.3 Å². The third-order valence-corrected chi connectivity index (χ3v) is 4.39. The molecule has 0 saturated carbocycles. The van der Waals surface area contributed by atoms with Crippen molar-refractivity contribution in [2.75, 3.05) is 5.32 Å². The molecule has 3 nitrogen and oxygen atoms in total. The number of anilines is 1. The van der Waals surface area contributed by atoms with Crippen molar-refractivity contribution in [3.63, 3.8) is 0 Å². The van der Waals surface area contributed by atoms with Crippen molar-refractivity contribution in [3.8, 4) is 0 Å². The minimum atomic E-state index is -0.919. The molecule has 5 heteroatoms. The molecule has 2 aromatic rings. The van der Waals surface area contributed by atoms with Crippen LogP contribution in [0.2, 0.25) is 0 Å². The number of benzene rings is 1. The van der Waals surface area contributed by atoms with Crippen molar-refractivity contribution in [1.82, 2.24) is 0 Å². The monoisotopic (exact) mass is 353 g/mol. The Morgan fingerprint density at radius 2 is 2.25 bits per heavy atom. The smallest absolute Gasteiger partial charge is 0.335 e. The van der Waals surface area contributed by atoms with Crippen LogP contribution in [-0.4, -0.2) is 11.1 Å². The summed E-state index contributed by atoms with van der Waals surface area (Å²) in [6.45, 7) is 2.14. The molecule has 106 valence electrons. The molecule has 0 saturated heterocycles. The number of carboxylic acids is 1. The molecule has 1 aromatic carbocycles. The van der Waals surface area contributed by atoms with Crippen molar-refractivity contribution in [2.45, 2.75) is 25.8 Å². The zero-order valence-electron chi connectivity index (χ0n) is 11.1. The number of rotatable bonds is 6. The molecule has 0 amide bonds. The van der Waals surface area contributed by atoms with Gasteiger partial charge in [-0.25, -0.2) is 4.79 Å². The van der Waals surface area contributed by atoms with E-state index in [1.54, 1.807) is 23.5 Å². The number of halogens is 1. The first-order valence-corrected chi connectivity index (χ1v) is 8.11. The average Bonchev–Trinajstić information content (AvgIpc) is 2.91. The molecular weight excluding hydrogens is 338 g/mol. The minimum absolute atomic E-state index is 0.218. The lowest BCUT2D eigenvalue weighted by Crippen LogP contribution is -2.10. The van der Waals surface area contributed by atoms with Gasteiger partial charge in [-0.15, -0.1) is 11.3 Å². The Morgan fingerprint density at radius 1 is 1.45 bits per heavy atom. The van der Waals surface area contributed by atoms with Crippen LogP contribution >= 0.6 is 27.3 Å². The standard InChI is InChI=1S/C15H16BrNO2S/c1-2-4-13(14-5-3-6-20-14)17-12-8-10(15(18)19)7-11(16)9-12/h3,5-9,13,17H,2,4H2,1H3,(H,18,19). The quantitative estimate of drug-likeness (QED) is 0.753. The van der Waals surface area contributed by atoms with E-state index in [9.17, 15) is 4.79 Å². The van der Waals surface area contributed by atoms with Gasteiger partial charge in [0.25, 0.3) is 0 Å². The number of aromatic carboxylic acids is 1. The summed E-state index contributed by atoms with van der Waals surface area (Å²) in [6, 6.07) is 9.54. The second-order valence-electron chi connectivity index (χ2n) is 4.53. The molecule has 1 heterocycles. The SMILES string of the molecule is CCCC(Nc1cc(Br)cc(C(=O)O)c1)c1cccs1. The third-order valence-electron chi connectivity index (χ3n) is 2.95. The summed E-state index contributed by atoms with van der Waals surface area (Å²) in [5.74, 6) is -0.919. The molecule has 0 spiro atoms. The largest absolute Gasteiger partial charge is 0.478 e. The molecule has 1 unspecified atom stereocenters. The van der Waals surface area contributed by atoms with Crippen LogP contribution in [0.1, 0.15) is 41.0 Å². The lowest BCUT2D eigenvalue weighted by molar-refractivity contribution is 0.0697. The van der Waals surface area contributed by atoms with Crippen molar-refractivity contribution in [2.24, 2.45) is 0 Å². The van der Waals surface area contributed by atoms with E-state index in [1.807, 2.05) is 12.1 Å². The van der Waals surface area contributed by atoms with Gasteiger partial charge in [0.2, 0.25) is 0 Å². The number of thiophene rings is 1. The molecule has 1 aromatic heterocycles.